The van der Waals surface area contributed by atoms with Gasteiger partial charge >= 0.3 is 5.97 Å². The van der Waals surface area contributed by atoms with Gasteiger partial charge in [0, 0.05) is 0 Å². The van der Waals surface area contributed by atoms with Gasteiger partial charge in [0.2, 0.25) is 0 Å². The van der Waals surface area contributed by atoms with Crippen LogP contribution in [0.15, 0.2) is 12.2 Å². The number of esters is 1. The highest BCUT2D eigenvalue weighted by atomic mass is 16.5. The molecular formula is C9H15O2. The number of hydrogen-bond donors (Lipinski definition) is 0. The highest BCUT2D eigenvalue weighted by Gasteiger charge is 1.98. The van der Waals surface area contributed by atoms with Crippen LogP contribution in [0.3, 0.4) is 0 Å². The van der Waals surface area contributed by atoms with Gasteiger partial charge in [-0.3, -0.25) is 4.79 Å². The smallest absolute Gasteiger partial charge is 0.309 e. The first kappa shape index (κ1) is 10.2. The Morgan fingerprint density at radius 2 is 2.18 bits per heavy atom. The number of rotatable bonds is 5. The second kappa shape index (κ2) is 7.32. The fraction of sp³-hybridized carbons (Fsp3) is 0.556. The van der Waals surface area contributed by atoms with Crippen molar-refractivity contribution in [3.05, 3.63) is 18.6 Å². The molecule has 0 atom stereocenters. The van der Waals surface area contributed by atoms with E-state index in [0.29, 0.717) is 6.61 Å². The largest absolute Gasteiger partial charge is 0.466 e. The summed E-state index contributed by atoms with van der Waals surface area (Å²) in [5.74, 6) is -0.211. The summed E-state index contributed by atoms with van der Waals surface area (Å²) in [6.45, 7) is 4.22. The Morgan fingerprint density at radius 1 is 1.45 bits per heavy atom. The van der Waals surface area contributed by atoms with Crippen LogP contribution >= 0.6 is 0 Å². The molecule has 0 unspecified atom stereocenters. The van der Waals surface area contributed by atoms with E-state index in [0.717, 1.165) is 12.8 Å². The molecule has 0 heterocycles. The molecule has 0 aliphatic carbocycles. The normalized spacial score (nSPS) is 10.4. The summed E-state index contributed by atoms with van der Waals surface area (Å²) in [7, 11) is 0. The van der Waals surface area contributed by atoms with Gasteiger partial charge in [0.05, 0.1) is 13.0 Å². The Kier molecular flexibility index (Phi) is 6.79. The van der Waals surface area contributed by atoms with Crippen molar-refractivity contribution >= 4 is 5.97 Å². The van der Waals surface area contributed by atoms with E-state index in [2.05, 4.69) is 0 Å². The zero-order chi connectivity index (χ0) is 8.53. The van der Waals surface area contributed by atoms with Gasteiger partial charge in [0.1, 0.15) is 0 Å². The number of hydrogen-bond acceptors (Lipinski definition) is 2. The second-order valence-corrected chi connectivity index (χ2v) is 2.10. The van der Waals surface area contributed by atoms with Gasteiger partial charge in [-0.15, -0.1) is 0 Å². The minimum atomic E-state index is -0.211. The lowest BCUT2D eigenvalue weighted by molar-refractivity contribution is -0.139. The summed E-state index contributed by atoms with van der Waals surface area (Å²) in [6, 6.07) is 0. The number of unbranched alkanes of at least 4 members (excludes halogenated alkanes) is 1. The molecule has 1 radical (unpaired) electrons. The highest BCUT2D eigenvalue weighted by molar-refractivity contribution is 5.78. The van der Waals surface area contributed by atoms with Crippen molar-refractivity contribution in [2.24, 2.45) is 0 Å². The zero-order valence-corrected chi connectivity index (χ0v) is 7.17. The second-order valence-electron chi connectivity index (χ2n) is 2.10. The van der Waals surface area contributed by atoms with Gasteiger partial charge in [-0.1, -0.05) is 12.2 Å². The minimum absolute atomic E-state index is 0.211. The van der Waals surface area contributed by atoms with E-state index in [1.807, 2.05) is 19.1 Å². The molecule has 2 heteroatoms. The zero-order valence-electron chi connectivity index (χ0n) is 7.17. The first-order chi connectivity index (χ1) is 5.31. The third-order valence-electron chi connectivity index (χ3n) is 1.17. The van der Waals surface area contributed by atoms with Crippen LogP contribution in [0.2, 0.25) is 0 Å². The molecule has 0 spiro atoms. The van der Waals surface area contributed by atoms with Crippen molar-refractivity contribution in [3.63, 3.8) is 0 Å². The van der Waals surface area contributed by atoms with E-state index in [1.54, 1.807) is 13.3 Å². The molecule has 0 fully saturated rings. The van der Waals surface area contributed by atoms with E-state index in [4.69, 9.17) is 4.74 Å². The van der Waals surface area contributed by atoms with Gasteiger partial charge in [-0.2, -0.15) is 0 Å². The monoisotopic (exact) mass is 155 g/mol. The predicted molar refractivity (Wildman–Crippen MR) is 45.0 cm³/mol. The Labute approximate surface area is 68.2 Å². The van der Waals surface area contributed by atoms with Crippen molar-refractivity contribution in [2.45, 2.75) is 26.7 Å². The topological polar surface area (TPSA) is 26.3 Å². The number of carbonyl (C=O) groups is 1. The summed E-state index contributed by atoms with van der Waals surface area (Å²) in [5.41, 5.74) is 0. The van der Waals surface area contributed by atoms with Gasteiger partial charge in [0.25, 0.3) is 0 Å². The fourth-order valence-electron chi connectivity index (χ4n) is 0.665. The molecule has 0 bridgehead atoms. The van der Waals surface area contributed by atoms with Crippen LogP contribution in [0.25, 0.3) is 0 Å². The molecule has 0 aromatic heterocycles. The first-order valence-electron chi connectivity index (χ1n) is 3.92. The molecule has 0 saturated carbocycles. The molecule has 0 aromatic carbocycles. The van der Waals surface area contributed by atoms with Crippen LogP contribution in [0, 0.1) is 6.42 Å². The van der Waals surface area contributed by atoms with Crippen LogP contribution in [0.4, 0.5) is 0 Å². The number of allylic oxidation sites excluding steroid dienone is 2. The van der Waals surface area contributed by atoms with Gasteiger partial charge in [0.15, 0.2) is 0 Å². The molecule has 63 valence electrons. The summed E-state index contributed by atoms with van der Waals surface area (Å²) in [5, 5.41) is 0. The van der Waals surface area contributed by atoms with E-state index in [1.165, 1.54) is 0 Å². The van der Waals surface area contributed by atoms with Gasteiger partial charge in [-0.05, 0) is 26.7 Å². The summed E-state index contributed by atoms with van der Waals surface area (Å²) in [6.07, 6.45) is 7.25. The Hall–Kier alpha value is -0.790. The van der Waals surface area contributed by atoms with E-state index in [-0.39, 0.29) is 5.97 Å². The Morgan fingerprint density at radius 3 is 2.73 bits per heavy atom. The lowest BCUT2D eigenvalue weighted by Crippen LogP contribution is -2.03. The molecule has 0 N–H and O–H groups in total. The molecule has 0 rings (SSSR count). The maximum absolute atomic E-state index is 10.7. The van der Waals surface area contributed by atoms with E-state index >= 15 is 0 Å². The highest BCUT2D eigenvalue weighted by Crippen LogP contribution is 1.96. The third-order valence-corrected chi connectivity index (χ3v) is 1.17. The fourth-order valence-corrected chi connectivity index (χ4v) is 0.665. The van der Waals surface area contributed by atoms with E-state index in [9.17, 15) is 4.79 Å². The van der Waals surface area contributed by atoms with Crippen molar-refractivity contribution in [2.75, 3.05) is 6.61 Å². The summed E-state index contributed by atoms with van der Waals surface area (Å²) < 4.78 is 4.70. The van der Waals surface area contributed by atoms with Crippen LogP contribution in [0.5, 0.6) is 0 Å². The summed E-state index contributed by atoms with van der Waals surface area (Å²) >= 11 is 0. The number of carbonyl (C=O) groups excluding carboxylic acids is 1. The Balaban J connectivity index is 3.17. The molecule has 0 aromatic rings. The third kappa shape index (κ3) is 7.10. The van der Waals surface area contributed by atoms with Gasteiger partial charge in [-0.25, -0.2) is 0 Å². The molecule has 0 saturated heterocycles. The van der Waals surface area contributed by atoms with Crippen molar-refractivity contribution < 1.29 is 9.53 Å². The lowest BCUT2D eigenvalue weighted by Gasteiger charge is -1.98. The molecule has 11 heavy (non-hydrogen) atoms. The average molecular weight is 155 g/mol. The van der Waals surface area contributed by atoms with Crippen molar-refractivity contribution in [3.8, 4) is 0 Å². The lowest BCUT2D eigenvalue weighted by atomic mass is 10.2. The first-order valence-corrected chi connectivity index (χ1v) is 3.92. The van der Waals surface area contributed by atoms with Crippen molar-refractivity contribution in [1.82, 2.24) is 0 Å². The number of ether oxygens (including phenoxy) is 1. The van der Waals surface area contributed by atoms with Gasteiger partial charge < -0.3 is 4.74 Å². The molecule has 0 aliphatic rings. The average Bonchev–Trinajstić information content (AvgIpc) is 1.99. The maximum Gasteiger partial charge on any atom is 0.309 e. The molecule has 0 amide bonds. The van der Waals surface area contributed by atoms with E-state index < -0.39 is 0 Å². The predicted octanol–water partition coefficient (Wildman–Crippen LogP) is 2.11. The molecule has 0 aliphatic heterocycles. The van der Waals surface area contributed by atoms with Crippen molar-refractivity contribution in [1.29, 1.82) is 0 Å². The Bertz CT molecular complexity index is 128. The van der Waals surface area contributed by atoms with Crippen LogP contribution in [-0.4, -0.2) is 12.6 Å². The summed E-state index contributed by atoms with van der Waals surface area (Å²) in [4.78, 5) is 10.7. The standard InChI is InChI=1S/C9H15O2/c1-3-5-6-7-8-9(10)11-4-2/h3,5,8H,4,6-7H2,1-2H3/b5-3+. The quantitative estimate of drug-likeness (QED) is 0.345. The molecular weight excluding hydrogens is 140 g/mol. The van der Waals surface area contributed by atoms with Crippen LogP contribution in [0.1, 0.15) is 26.7 Å². The van der Waals surface area contributed by atoms with Crippen LogP contribution < -0.4 is 0 Å². The maximum atomic E-state index is 10.7. The molecule has 2 nitrogen and oxygen atoms in total. The van der Waals surface area contributed by atoms with Crippen LogP contribution in [-0.2, 0) is 9.53 Å². The SMILES string of the molecule is C/C=C/CC[CH]C(=O)OCC. The minimum Gasteiger partial charge on any atom is -0.466 e.